The van der Waals surface area contributed by atoms with Crippen LogP contribution in [0.3, 0.4) is 0 Å². The van der Waals surface area contributed by atoms with Crippen molar-refractivity contribution in [2.45, 2.75) is 23.5 Å². The molecule has 0 spiro atoms. The summed E-state index contributed by atoms with van der Waals surface area (Å²) in [5.41, 5.74) is 0.400. The Morgan fingerprint density at radius 3 is 2.75 bits per heavy atom. The molecule has 0 radical (unpaired) electrons. The molecule has 1 aromatic carbocycles. The quantitative estimate of drug-likeness (QED) is 0.846. The van der Waals surface area contributed by atoms with E-state index in [-0.39, 0.29) is 27.6 Å². The smallest absolute Gasteiger partial charge is 0.294 e. The van der Waals surface area contributed by atoms with Crippen molar-refractivity contribution in [1.29, 1.82) is 0 Å². The van der Waals surface area contributed by atoms with E-state index in [1.807, 2.05) is 0 Å². The minimum absolute atomic E-state index is 0.0589. The highest BCUT2D eigenvalue weighted by Gasteiger charge is 2.32. The zero-order valence-electron chi connectivity index (χ0n) is 10.6. The molecule has 1 atom stereocenters. The van der Waals surface area contributed by atoms with E-state index in [0.29, 0.717) is 12.2 Å². The normalized spacial score (nSPS) is 19.4. The van der Waals surface area contributed by atoms with Gasteiger partial charge in [0, 0.05) is 30.8 Å². The Labute approximate surface area is 120 Å². The molecule has 1 amide bonds. The van der Waals surface area contributed by atoms with Crippen molar-refractivity contribution in [2.75, 3.05) is 11.4 Å². The van der Waals surface area contributed by atoms with Crippen LogP contribution in [0.15, 0.2) is 29.2 Å². The summed E-state index contributed by atoms with van der Waals surface area (Å²) in [6, 6.07) is 5.54. The van der Waals surface area contributed by atoms with Crippen LogP contribution >= 0.6 is 11.8 Å². The zero-order valence-corrected chi connectivity index (χ0v) is 12.3. The Balaban J connectivity index is 2.24. The average Bonchev–Trinajstić information content (AvgIpc) is 2.68. The van der Waals surface area contributed by atoms with Crippen molar-refractivity contribution in [2.24, 2.45) is 0 Å². The number of amides is 1. The van der Waals surface area contributed by atoms with Gasteiger partial charge < -0.3 is 4.90 Å². The molecule has 0 aromatic heterocycles. The predicted octanol–water partition coefficient (Wildman–Crippen LogP) is 1.32. The highest BCUT2D eigenvalue weighted by molar-refractivity contribution is 8.14. The van der Waals surface area contributed by atoms with Gasteiger partial charge in [0.1, 0.15) is 0 Å². The Morgan fingerprint density at radius 2 is 2.15 bits per heavy atom. The van der Waals surface area contributed by atoms with Crippen molar-refractivity contribution in [3.8, 4) is 0 Å². The third kappa shape index (κ3) is 3.38. The molecule has 1 unspecified atom stereocenters. The van der Waals surface area contributed by atoms with Gasteiger partial charge in [-0.2, -0.15) is 8.42 Å². The minimum Gasteiger partial charge on any atom is -0.311 e. The highest BCUT2D eigenvalue weighted by Crippen LogP contribution is 2.29. The molecule has 1 heterocycles. The number of thioether (sulfide) groups is 1. The molecule has 2 rings (SSSR count). The van der Waals surface area contributed by atoms with E-state index in [1.165, 1.54) is 30.0 Å². The third-order valence-corrected chi connectivity index (χ3v) is 4.68. The number of carbonyl (C=O) groups is 2. The van der Waals surface area contributed by atoms with Crippen LogP contribution < -0.4 is 4.90 Å². The van der Waals surface area contributed by atoms with E-state index < -0.39 is 10.1 Å². The van der Waals surface area contributed by atoms with Gasteiger partial charge in [0.25, 0.3) is 10.1 Å². The van der Waals surface area contributed by atoms with E-state index in [0.717, 1.165) is 11.8 Å². The van der Waals surface area contributed by atoms with Gasteiger partial charge in [-0.3, -0.25) is 14.1 Å². The summed E-state index contributed by atoms with van der Waals surface area (Å²) < 4.78 is 31.2. The highest BCUT2D eigenvalue weighted by atomic mass is 32.2. The van der Waals surface area contributed by atoms with Crippen LogP contribution in [0.4, 0.5) is 5.69 Å². The van der Waals surface area contributed by atoms with Gasteiger partial charge in [-0.1, -0.05) is 17.8 Å². The lowest BCUT2D eigenvalue weighted by Gasteiger charge is -2.16. The maximum Gasteiger partial charge on any atom is 0.294 e. The van der Waals surface area contributed by atoms with E-state index >= 15 is 0 Å². The second-order valence-corrected chi connectivity index (χ2v) is 7.31. The van der Waals surface area contributed by atoms with Crippen molar-refractivity contribution < 1.29 is 22.6 Å². The summed E-state index contributed by atoms with van der Waals surface area (Å²) in [6.07, 6.45) is 0.236. The lowest BCUT2D eigenvalue weighted by molar-refractivity contribution is -0.117. The first-order chi connectivity index (χ1) is 9.27. The van der Waals surface area contributed by atoms with E-state index in [4.69, 9.17) is 4.55 Å². The minimum atomic E-state index is -4.30. The largest absolute Gasteiger partial charge is 0.311 e. The van der Waals surface area contributed by atoms with Gasteiger partial charge >= 0.3 is 0 Å². The summed E-state index contributed by atoms with van der Waals surface area (Å²) in [7, 11) is -4.30. The van der Waals surface area contributed by atoms with Gasteiger partial charge in [-0.15, -0.1) is 0 Å². The molecule has 20 heavy (non-hydrogen) atoms. The molecule has 1 fully saturated rings. The summed E-state index contributed by atoms with van der Waals surface area (Å²) in [4.78, 5) is 24.1. The number of anilines is 1. The first-order valence-electron chi connectivity index (χ1n) is 5.82. The van der Waals surface area contributed by atoms with Crippen LogP contribution in [0.25, 0.3) is 0 Å². The van der Waals surface area contributed by atoms with Gasteiger partial charge in [0.15, 0.2) is 5.12 Å². The molecule has 1 aliphatic rings. The molecule has 1 saturated heterocycles. The fourth-order valence-corrected chi connectivity index (χ4v) is 3.49. The van der Waals surface area contributed by atoms with Crippen LogP contribution in [-0.2, 0) is 19.7 Å². The number of rotatable bonds is 3. The molecule has 0 aliphatic carbocycles. The van der Waals surface area contributed by atoms with Crippen molar-refractivity contribution in [3.63, 3.8) is 0 Å². The molecule has 8 heteroatoms. The van der Waals surface area contributed by atoms with Gasteiger partial charge in [-0.05, 0) is 18.2 Å². The molecule has 0 bridgehead atoms. The maximum absolute atomic E-state index is 11.9. The number of benzene rings is 1. The molecule has 1 N–H and O–H groups in total. The second kappa shape index (κ2) is 5.55. The molecule has 6 nitrogen and oxygen atoms in total. The van der Waals surface area contributed by atoms with Crippen LogP contribution in [0.2, 0.25) is 0 Å². The summed E-state index contributed by atoms with van der Waals surface area (Å²) in [5, 5.41) is -0.189. The van der Waals surface area contributed by atoms with Crippen molar-refractivity contribution >= 4 is 38.6 Å². The van der Waals surface area contributed by atoms with E-state index in [1.54, 1.807) is 6.07 Å². The van der Waals surface area contributed by atoms with E-state index in [9.17, 15) is 18.0 Å². The molecular weight excluding hydrogens is 302 g/mol. The maximum atomic E-state index is 11.9. The molecule has 0 saturated carbocycles. The van der Waals surface area contributed by atoms with Crippen LogP contribution in [0.1, 0.15) is 13.3 Å². The number of carbonyl (C=O) groups excluding carboxylic acids is 2. The van der Waals surface area contributed by atoms with Crippen LogP contribution in [-0.4, -0.2) is 35.8 Å². The summed E-state index contributed by atoms with van der Waals surface area (Å²) >= 11 is 1.10. The predicted molar refractivity (Wildman–Crippen MR) is 75.3 cm³/mol. The topological polar surface area (TPSA) is 91.8 Å². The Bertz CT molecular complexity index is 656. The number of hydrogen-bond donors (Lipinski definition) is 1. The molecular formula is C12H13NO5S2. The van der Waals surface area contributed by atoms with E-state index in [2.05, 4.69) is 0 Å². The Morgan fingerprint density at radius 1 is 1.45 bits per heavy atom. The molecule has 1 aliphatic heterocycles. The summed E-state index contributed by atoms with van der Waals surface area (Å²) in [5.74, 6) is -0.170. The Hall–Kier alpha value is -1.38. The number of nitrogens with zero attached hydrogens (tertiary/aromatic N) is 1. The van der Waals surface area contributed by atoms with Gasteiger partial charge in [0.2, 0.25) is 5.91 Å². The first-order valence-corrected chi connectivity index (χ1v) is 8.14. The fraction of sp³-hybridized carbons (Fsp3) is 0.333. The van der Waals surface area contributed by atoms with Crippen LogP contribution in [0, 0.1) is 0 Å². The standard InChI is InChI=1S/C12H13NO5S2/c1-8(14)19-10-6-12(15)13(7-10)9-3-2-4-11(5-9)20(16,17)18/h2-5,10H,6-7H2,1H3,(H,16,17,18). The lowest BCUT2D eigenvalue weighted by atomic mass is 10.3. The average molecular weight is 315 g/mol. The molecule has 1 aromatic rings. The van der Waals surface area contributed by atoms with Gasteiger partial charge in [0.05, 0.1) is 4.90 Å². The third-order valence-electron chi connectivity index (χ3n) is 2.85. The van der Waals surface area contributed by atoms with Crippen molar-refractivity contribution in [3.05, 3.63) is 24.3 Å². The number of hydrogen-bond acceptors (Lipinski definition) is 5. The SMILES string of the molecule is CC(=O)SC1CC(=O)N(c2cccc(S(=O)(=O)O)c2)C1. The Kier molecular flexibility index (Phi) is 4.17. The van der Waals surface area contributed by atoms with Gasteiger partial charge in [-0.25, -0.2) is 0 Å². The monoisotopic (exact) mass is 315 g/mol. The fourth-order valence-electron chi connectivity index (χ4n) is 2.05. The molecule has 108 valence electrons. The zero-order chi connectivity index (χ0) is 14.9. The lowest BCUT2D eigenvalue weighted by Crippen LogP contribution is -2.25. The second-order valence-electron chi connectivity index (χ2n) is 4.41. The van der Waals surface area contributed by atoms with Crippen molar-refractivity contribution in [1.82, 2.24) is 0 Å². The summed E-state index contributed by atoms with van der Waals surface area (Å²) in [6.45, 7) is 1.79. The first kappa shape index (κ1) is 15.0. The van der Waals surface area contributed by atoms with Crippen LogP contribution in [0.5, 0.6) is 0 Å².